The third-order valence-electron chi connectivity index (χ3n) is 3.12. The van der Waals surface area contributed by atoms with Crippen molar-refractivity contribution in [1.29, 1.82) is 0 Å². The topological polar surface area (TPSA) is 38.2 Å². The summed E-state index contributed by atoms with van der Waals surface area (Å²) >= 11 is 9.54. The molecule has 100 valence electrons. The fraction of sp³-hybridized carbons (Fsp3) is 0.667. The first-order chi connectivity index (χ1) is 8.65. The van der Waals surface area contributed by atoms with Crippen molar-refractivity contribution in [2.45, 2.75) is 26.4 Å². The molecule has 0 saturated carbocycles. The van der Waals surface area contributed by atoms with Gasteiger partial charge in [0.1, 0.15) is 11.3 Å². The van der Waals surface area contributed by atoms with E-state index in [1.807, 2.05) is 6.92 Å². The second-order valence-electron chi connectivity index (χ2n) is 4.24. The SMILES string of the molecule is CCc1nc(C2CN(CC)CCO2)nc(Cl)c1Br. The Kier molecular flexibility index (Phi) is 4.95. The molecule has 1 aliphatic rings. The Balaban J connectivity index is 2.24. The number of morpholine rings is 1. The fourth-order valence-electron chi connectivity index (χ4n) is 2.01. The monoisotopic (exact) mass is 333 g/mol. The molecule has 1 fully saturated rings. The molecule has 1 saturated heterocycles. The summed E-state index contributed by atoms with van der Waals surface area (Å²) in [6, 6.07) is 0. The van der Waals surface area contributed by atoms with Gasteiger partial charge >= 0.3 is 0 Å². The highest BCUT2D eigenvalue weighted by atomic mass is 79.9. The summed E-state index contributed by atoms with van der Waals surface area (Å²) in [4.78, 5) is 11.2. The lowest BCUT2D eigenvalue weighted by Gasteiger charge is -2.31. The van der Waals surface area contributed by atoms with Gasteiger partial charge in [0, 0.05) is 13.1 Å². The van der Waals surface area contributed by atoms with Gasteiger partial charge in [0.25, 0.3) is 0 Å². The fourth-order valence-corrected chi connectivity index (χ4v) is 2.66. The van der Waals surface area contributed by atoms with E-state index >= 15 is 0 Å². The van der Waals surface area contributed by atoms with E-state index in [0.29, 0.717) is 11.0 Å². The second-order valence-corrected chi connectivity index (χ2v) is 5.39. The van der Waals surface area contributed by atoms with Crippen molar-refractivity contribution in [1.82, 2.24) is 14.9 Å². The van der Waals surface area contributed by atoms with E-state index in [9.17, 15) is 0 Å². The first-order valence-corrected chi connectivity index (χ1v) is 7.38. The molecule has 0 radical (unpaired) electrons. The minimum atomic E-state index is -0.0744. The average molecular weight is 335 g/mol. The number of hydrogen-bond acceptors (Lipinski definition) is 4. The Bertz CT molecular complexity index is 430. The predicted molar refractivity (Wildman–Crippen MR) is 74.9 cm³/mol. The van der Waals surface area contributed by atoms with E-state index in [1.54, 1.807) is 0 Å². The van der Waals surface area contributed by atoms with E-state index in [1.165, 1.54) is 0 Å². The van der Waals surface area contributed by atoms with Gasteiger partial charge in [0.15, 0.2) is 5.82 Å². The molecule has 4 nitrogen and oxygen atoms in total. The maximum absolute atomic E-state index is 6.12. The molecule has 0 spiro atoms. The summed E-state index contributed by atoms with van der Waals surface area (Å²) in [5.41, 5.74) is 0.933. The first-order valence-electron chi connectivity index (χ1n) is 6.21. The minimum absolute atomic E-state index is 0.0744. The number of halogens is 2. The van der Waals surface area contributed by atoms with Crippen molar-refractivity contribution in [3.05, 3.63) is 21.1 Å². The zero-order chi connectivity index (χ0) is 13.1. The quantitative estimate of drug-likeness (QED) is 0.797. The number of aromatic nitrogens is 2. The Morgan fingerprint density at radius 3 is 2.89 bits per heavy atom. The van der Waals surface area contributed by atoms with Gasteiger partial charge in [-0.3, -0.25) is 4.90 Å². The molecular formula is C12H17BrClN3O. The third kappa shape index (κ3) is 3.02. The largest absolute Gasteiger partial charge is 0.368 e. The highest BCUT2D eigenvalue weighted by Gasteiger charge is 2.24. The van der Waals surface area contributed by atoms with E-state index in [0.717, 1.165) is 42.8 Å². The van der Waals surface area contributed by atoms with E-state index in [-0.39, 0.29) is 6.10 Å². The lowest BCUT2D eigenvalue weighted by atomic mass is 10.2. The molecule has 1 aromatic rings. The maximum Gasteiger partial charge on any atom is 0.160 e. The standard InChI is InChI=1S/C12H17BrClN3O/c1-3-8-10(13)11(14)16-12(15-8)9-7-17(4-2)5-6-18-9/h9H,3-7H2,1-2H3. The Morgan fingerprint density at radius 1 is 1.44 bits per heavy atom. The summed E-state index contributed by atoms with van der Waals surface area (Å²) in [6.07, 6.45) is 0.745. The molecule has 0 N–H and O–H groups in total. The van der Waals surface area contributed by atoms with Crippen molar-refractivity contribution in [2.75, 3.05) is 26.2 Å². The van der Waals surface area contributed by atoms with Crippen LogP contribution in [0.4, 0.5) is 0 Å². The average Bonchev–Trinajstić information content (AvgIpc) is 2.41. The molecule has 0 aliphatic carbocycles. The summed E-state index contributed by atoms with van der Waals surface area (Å²) in [6.45, 7) is 7.74. The zero-order valence-corrected chi connectivity index (χ0v) is 13.0. The normalized spacial score (nSPS) is 21.2. The smallest absolute Gasteiger partial charge is 0.160 e. The predicted octanol–water partition coefficient (Wildman–Crippen LogP) is 2.85. The minimum Gasteiger partial charge on any atom is -0.368 e. The van der Waals surface area contributed by atoms with Crippen molar-refractivity contribution in [2.24, 2.45) is 0 Å². The molecule has 1 aliphatic heterocycles. The van der Waals surface area contributed by atoms with Crippen LogP contribution in [0.5, 0.6) is 0 Å². The molecule has 1 atom stereocenters. The van der Waals surface area contributed by atoms with Crippen LogP contribution in [0.3, 0.4) is 0 Å². The summed E-state index contributed by atoms with van der Waals surface area (Å²) < 4.78 is 6.54. The van der Waals surface area contributed by atoms with Gasteiger partial charge in [-0.05, 0) is 28.9 Å². The lowest BCUT2D eigenvalue weighted by Crippen LogP contribution is -2.38. The molecular weight excluding hydrogens is 318 g/mol. The summed E-state index contributed by atoms with van der Waals surface area (Å²) in [5, 5.41) is 0.467. The number of ether oxygens (including phenoxy) is 1. The Labute approximate surface area is 121 Å². The van der Waals surface area contributed by atoms with E-state index in [4.69, 9.17) is 16.3 Å². The first kappa shape index (κ1) is 14.2. The number of rotatable bonds is 3. The number of likely N-dealkylation sites (N-methyl/N-ethyl adjacent to an activating group) is 1. The molecule has 0 bridgehead atoms. The van der Waals surface area contributed by atoms with Gasteiger partial charge in [-0.2, -0.15) is 0 Å². The van der Waals surface area contributed by atoms with Crippen LogP contribution in [-0.4, -0.2) is 41.1 Å². The molecule has 2 rings (SSSR count). The van der Waals surface area contributed by atoms with Crippen LogP contribution in [0, 0.1) is 0 Å². The number of nitrogens with zero attached hydrogens (tertiary/aromatic N) is 3. The molecule has 1 aromatic heterocycles. The zero-order valence-electron chi connectivity index (χ0n) is 10.6. The second kappa shape index (κ2) is 6.28. The Morgan fingerprint density at radius 2 is 2.22 bits per heavy atom. The van der Waals surface area contributed by atoms with Crippen molar-refractivity contribution >= 4 is 27.5 Å². The van der Waals surface area contributed by atoms with Crippen LogP contribution in [0.1, 0.15) is 31.5 Å². The van der Waals surface area contributed by atoms with Crippen molar-refractivity contribution < 1.29 is 4.74 Å². The Hall–Kier alpha value is -0.230. The highest BCUT2D eigenvalue weighted by Crippen LogP contribution is 2.27. The molecule has 0 aromatic carbocycles. The molecule has 0 amide bonds. The van der Waals surface area contributed by atoms with Crippen molar-refractivity contribution in [3.8, 4) is 0 Å². The molecule has 18 heavy (non-hydrogen) atoms. The van der Waals surface area contributed by atoms with Crippen LogP contribution in [-0.2, 0) is 11.2 Å². The van der Waals surface area contributed by atoms with Gasteiger partial charge in [-0.15, -0.1) is 0 Å². The van der Waals surface area contributed by atoms with Crippen molar-refractivity contribution in [3.63, 3.8) is 0 Å². The lowest BCUT2D eigenvalue weighted by molar-refractivity contribution is -0.0326. The van der Waals surface area contributed by atoms with Crippen LogP contribution in [0.2, 0.25) is 5.15 Å². The van der Waals surface area contributed by atoms with E-state index in [2.05, 4.69) is 37.7 Å². The third-order valence-corrected chi connectivity index (χ3v) is 4.45. The van der Waals surface area contributed by atoms with E-state index < -0.39 is 0 Å². The highest BCUT2D eigenvalue weighted by molar-refractivity contribution is 9.10. The summed E-state index contributed by atoms with van der Waals surface area (Å²) in [5.74, 6) is 0.693. The molecule has 2 heterocycles. The van der Waals surface area contributed by atoms with Gasteiger partial charge in [-0.1, -0.05) is 25.4 Å². The number of hydrogen-bond donors (Lipinski definition) is 0. The maximum atomic E-state index is 6.12. The van der Waals surface area contributed by atoms with Gasteiger partial charge in [0.2, 0.25) is 0 Å². The number of aryl methyl sites for hydroxylation is 1. The van der Waals surface area contributed by atoms with Crippen LogP contribution in [0.15, 0.2) is 4.47 Å². The van der Waals surface area contributed by atoms with Gasteiger partial charge in [0.05, 0.1) is 16.8 Å². The van der Waals surface area contributed by atoms with Gasteiger partial charge in [-0.25, -0.2) is 9.97 Å². The van der Waals surface area contributed by atoms with Crippen LogP contribution in [0.25, 0.3) is 0 Å². The molecule has 1 unspecified atom stereocenters. The molecule has 6 heteroatoms. The van der Waals surface area contributed by atoms with Gasteiger partial charge < -0.3 is 4.74 Å². The van der Waals surface area contributed by atoms with Crippen LogP contribution >= 0.6 is 27.5 Å². The summed E-state index contributed by atoms with van der Waals surface area (Å²) in [7, 11) is 0. The van der Waals surface area contributed by atoms with Crippen LogP contribution < -0.4 is 0 Å².